The van der Waals surface area contributed by atoms with Crippen molar-refractivity contribution in [2.75, 3.05) is 7.11 Å². The number of aryl methyl sites for hydroxylation is 1. The minimum atomic E-state index is -4.91. The molecule has 0 saturated heterocycles. The Labute approximate surface area is 141 Å². The molecule has 130 valence electrons. The number of hydrogen-bond acceptors (Lipinski definition) is 4. The van der Waals surface area contributed by atoms with Crippen molar-refractivity contribution in [2.24, 2.45) is 0 Å². The van der Waals surface area contributed by atoms with E-state index in [0.29, 0.717) is 6.07 Å². The number of halogens is 4. The van der Waals surface area contributed by atoms with E-state index in [9.17, 15) is 21.6 Å². The third-order valence-corrected chi connectivity index (χ3v) is 4.56. The molecule has 0 aliphatic rings. The van der Waals surface area contributed by atoms with Crippen LogP contribution in [0.25, 0.3) is 0 Å². The molecule has 0 N–H and O–H groups in total. The third-order valence-electron chi connectivity index (χ3n) is 3.03. The third kappa shape index (κ3) is 3.93. The van der Waals surface area contributed by atoms with Crippen LogP contribution < -0.4 is 8.92 Å². The zero-order chi connectivity index (χ0) is 18.1. The highest BCUT2D eigenvalue weighted by molar-refractivity contribution is 7.87. The van der Waals surface area contributed by atoms with Gasteiger partial charge in [-0.3, -0.25) is 0 Å². The van der Waals surface area contributed by atoms with Crippen LogP contribution in [0.4, 0.5) is 13.2 Å². The van der Waals surface area contributed by atoms with E-state index in [0.717, 1.165) is 17.7 Å². The van der Waals surface area contributed by atoms with Gasteiger partial charge in [-0.15, -0.1) is 0 Å². The molecule has 0 radical (unpaired) electrons. The normalized spacial score (nSPS) is 12.1. The van der Waals surface area contributed by atoms with Gasteiger partial charge in [-0.25, -0.2) is 0 Å². The number of benzene rings is 2. The topological polar surface area (TPSA) is 52.6 Å². The smallest absolute Gasteiger partial charge is 0.417 e. The van der Waals surface area contributed by atoms with Gasteiger partial charge in [0, 0.05) is 5.02 Å². The first-order valence-electron chi connectivity index (χ1n) is 6.50. The van der Waals surface area contributed by atoms with Gasteiger partial charge in [0.15, 0.2) is 11.5 Å². The number of rotatable bonds is 4. The molecular formula is C15H12ClF3O4S. The lowest BCUT2D eigenvalue weighted by Gasteiger charge is -2.15. The van der Waals surface area contributed by atoms with E-state index in [4.69, 9.17) is 20.5 Å². The summed E-state index contributed by atoms with van der Waals surface area (Å²) in [7, 11) is -3.46. The molecule has 0 atom stereocenters. The Morgan fingerprint density at radius 3 is 2.29 bits per heavy atom. The molecule has 2 rings (SSSR count). The first-order chi connectivity index (χ1) is 11.0. The van der Waals surface area contributed by atoms with Crippen LogP contribution in [0.2, 0.25) is 5.02 Å². The molecule has 2 aromatic rings. The lowest BCUT2D eigenvalue weighted by Crippen LogP contribution is -2.17. The molecular weight excluding hydrogens is 369 g/mol. The maximum Gasteiger partial charge on any atom is 0.417 e. The predicted octanol–water partition coefficient (Wildman–Crippen LogP) is 4.44. The summed E-state index contributed by atoms with van der Waals surface area (Å²) >= 11 is 5.54. The summed E-state index contributed by atoms with van der Waals surface area (Å²) in [5.41, 5.74) is -0.639. The molecule has 4 nitrogen and oxygen atoms in total. The number of alkyl halides is 3. The van der Waals surface area contributed by atoms with E-state index in [2.05, 4.69) is 0 Å². The number of ether oxygens (including phenoxy) is 1. The van der Waals surface area contributed by atoms with E-state index in [1.54, 1.807) is 13.0 Å². The molecule has 0 amide bonds. The molecule has 0 unspecified atom stereocenters. The fourth-order valence-corrected chi connectivity index (χ4v) is 3.26. The van der Waals surface area contributed by atoms with Crippen molar-refractivity contribution in [3.63, 3.8) is 0 Å². The molecule has 0 aliphatic carbocycles. The molecule has 2 aromatic carbocycles. The Kier molecular flexibility index (Phi) is 5.00. The van der Waals surface area contributed by atoms with Gasteiger partial charge in [0.05, 0.1) is 12.7 Å². The van der Waals surface area contributed by atoms with Crippen molar-refractivity contribution in [3.8, 4) is 11.5 Å². The highest BCUT2D eigenvalue weighted by Gasteiger charge is 2.38. The summed E-state index contributed by atoms with van der Waals surface area (Å²) in [6, 6.07) is 6.66. The molecule has 0 heterocycles. The van der Waals surface area contributed by atoms with Crippen LogP contribution in [-0.2, 0) is 16.3 Å². The number of methoxy groups -OCH3 is 1. The van der Waals surface area contributed by atoms with Crippen LogP contribution in [0.1, 0.15) is 11.1 Å². The van der Waals surface area contributed by atoms with Crippen molar-refractivity contribution < 1.29 is 30.5 Å². The van der Waals surface area contributed by atoms with Gasteiger partial charge in [-0.1, -0.05) is 17.7 Å². The SMILES string of the molecule is COc1cc(C)ccc1OS(=O)(=O)c1ccc(Cl)cc1C(F)(F)F. The molecule has 9 heteroatoms. The summed E-state index contributed by atoms with van der Waals surface area (Å²) in [5, 5.41) is -0.241. The largest absolute Gasteiger partial charge is 0.493 e. The Balaban J connectivity index is 2.53. The van der Waals surface area contributed by atoms with Crippen LogP contribution in [0.3, 0.4) is 0 Å². The van der Waals surface area contributed by atoms with Gasteiger partial charge in [0.25, 0.3) is 0 Å². The standard InChI is InChI=1S/C15H12ClF3O4S/c1-9-3-5-12(13(7-9)22-2)23-24(20,21)14-6-4-10(16)8-11(14)15(17,18)19/h3-8H,1-2H3. The first-order valence-corrected chi connectivity index (χ1v) is 8.29. The van der Waals surface area contributed by atoms with Crippen molar-refractivity contribution >= 4 is 21.7 Å². The van der Waals surface area contributed by atoms with Crippen LogP contribution >= 0.6 is 11.6 Å². The van der Waals surface area contributed by atoms with E-state index in [1.807, 2.05) is 0 Å². The summed E-state index contributed by atoms with van der Waals surface area (Å²) < 4.78 is 73.7. The predicted molar refractivity (Wildman–Crippen MR) is 82.0 cm³/mol. The maximum atomic E-state index is 13.1. The lowest BCUT2D eigenvalue weighted by molar-refractivity contribution is -0.139. The van der Waals surface area contributed by atoms with Crippen molar-refractivity contribution in [1.29, 1.82) is 0 Å². The maximum absolute atomic E-state index is 13.1. The molecule has 0 saturated carbocycles. The zero-order valence-electron chi connectivity index (χ0n) is 12.5. The van der Waals surface area contributed by atoms with E-state index in [-0.39, 0.29) is 16.5 Å². The summed E-state index contributed by atoms with van der Waals surface area (Å²) in [6.07, 6.45) is -4.91. The second-order valence-corrected chi connectivity index (χ2v) is 6.78. The Morgan fingerprint density at radius 2 is 1.71 bits per heavy atom. The summed E-state index contributed by atoms with van der Waals surface area (Å²) in [5.74, 6) is -0.132. The minimum absolute atomic E-state index is 0.0843. The minimum Gasteiger partial charge on any atom is -0.493 e. The number of hydrogen-bond donors (Lipinski definition) is 0. The van der Waals surface area contributed by atoms with Crippen molar-refractivity contribution in [1.82, 2.24) is 0 Å². The Bertz CT molecular complexity index is 864. The van der Waals surface area contributed by atoms with Crippen LogP contribution in [0.5, 0.6) is 11.5 Å². The average molecular weight is 381 g/mol. The Hall–Kier alpha value is -1.93. The molecule has 0 fully saturated rings. The molecule has 24 heavy (non-hydrogen) atoms. The van der Waals surface area contributed by atoms with Crippen LogP contribution in [-0.4, -0.2) is 15.5 Å². The van der Waals surface area contributed by atoms with Crippen molar-refractivity contribution in [2.45, 2.75) is 18.0 Å². The van der Waals surface area contributed by atoms with Gasteiger partial charge in [0.1, 0.15) is 4.90 Å². The van der Waals surface area contributed by atoms with Gasteiger partial charge in [-0.05, 0) is 42.8 Å². The highest BCUT2D eigenvalue weighted by atomic mass is 35.5. The van der Waals surface area contributed by atoms with Gasteiger partial charge in [-0.2, -0.15) is 21.6 Å². The highest BCUT2D eigenvalue weighted by Crippen LogP contribution is 2.38. The summed E-state index contributed by atoms with van der Waals surface area (Å²) in [4.78, 5) is -1.03. The van der Waals surface area contributed by atoms with Crippen LogP contribution in [0, 0.1) is 6.92 Å². The molecule has 0 aromatic heterocycles. The fraction of sp³-hybridized carbons (Fsp3) is 0.200. The molecule has 0 aliphatic heterocycles. The molecule has 0 bridgehead atoms. The van der Waals surface area contributed by atoms with Crippen molar-refractivity contribution in [3.05, 3.63) is 52.5 Å². The fourth-order valence-electron chi connectivity index (χ4n) is 1.95. The van der Waals surface area contributed by atoms with E-state index in [1.165, 1.54) is 19.2 Å². The summed E-state index contributed by atoms with van der Waals surface area (Å²) in [6.45, 7) is 1.74. The second-order valence-electron chi connectivity index (χ2n) is 4.83. The van der Waals surface area contributed by atoms with Gasteiger partial charge >= 0.3 is 16.3 Å². The Morgan fingerprint density at radius 1 is 1.04 bits per heavy atom. The van der Waals surface area contributed by atoms with E-state index < -0.39 is 26.8 Å². The quantitative estimate of drug-likeness (QED) is 0.736. The second kappa shape index (κ2) is 6.52. The average Bonchev–Trinajstić information content (AvgIpc) is 2.47. The van der Waals surface area contributed by atoms with Crippen LogP contribution in [0.15, 0.2) is 41.3 Å². The zero-order valence-corrected chi connectivity index (χ0v) is 14.1. The van der Waals surface area contributed by atoms with Gasteiger partial charge in [0.2, 0.25) is 0 Å². The van der Waals surface area contributed by atoms with Gasteiger partial charge < -0.3 is 8.92 Å². The molecule has 0 spiro atoms. The van der Waals surface area contributed by atoms with E-state index >= 15 is 0 Å². The lowest BCUT2D eigenvalue weighted by atomic mass is 10.2. The first kappa shape index (κ1) is 18.4. The monoisotopic (exact) mass is 380 g/mol.